The van der Waals surface area contributed by atoms with Crippen LogP contribution in [-0.4, -0.2) is 54.6 Å². The minimum absolute atomic E-state index is 0.692. The summed E-state index contributed by atoms with van der Waals surface area (Å²) in [6, 6.07) is 0. The number of aromatic nitrogens is 1. The average molecular weight is 268 g/mol. The van der Waals surface area contributed by atoms with E-state index in [1.165, 1.54) is 43.2 Å². The second kappa shape index (κ2) is 7.19. The zero-order valence-electron chi connectivity index (χ0n) is 11.3. The van der Waals surface area contributed by atoms with Gasteiger partial charge in [0.1, 0.15) is 0 Å². The summed E-state index contributed by atoms with van der Waals surface area (Å²) in [6.45, 7) is 6.53. The van der Waals surface area contributed by atoms with Gasteiger partial charge in [-0.05, 0) is 39.5 Å². The van der Waals surface area contributed by atoms with Gasteiger partial charge in [-0.1, -0.05) is 0 Å². The predicted octanol–water partition coefficient (Wildman–Crippen LogP) is 1.17. The maximum absolute atomic E-state index is 5.54. The summed E-state index contributed by atoms with van der Waals surface area (Å²) in [5, 5.41) is 3.33. The van der Waals surface area contributed by atoms with Crippen molar-refractivity contribution < 1.29 is 0 Å². The third-order valence-corrected chi connectivity index (χ3v) is 4.34. The van der Waals surface area contributed by atoms with E-state index in [1.54, 1.807) is 11.3 Å². The molecule has 0 amide bonds. The molecule has 2 N–H and O–H groups in total. The highest BCUT2D eigenvalue weighted by atomic mass is 32.1. The van der Waals surface area contributed by atoms with Crippen molar-refractivity contribution in [1.82, 2.24) is 14.8 Å². The van der Waals surface area contributed by atoms with Gasteiger partial charge < -0.3 is 10.6 Å². The van der Waals surface area contributed by atoms with E-state index in [0.29, 0.717) is 6.54 Å². The lowest BCUT2D eigenvalue weighted by Crippen LogP contribution is -2.31. The average Bonchev–Trinajstić information content (AvgIpc) is 2.99. The normalized spacial score (nSPS) is 16.8. The quantitative estimate of drug-likeness (QED) is 0.806. The summed E-state index contributed by atoms with van der Waals surface area (Å²) in [6.07, 6.45) is 3.65. The van der Waals surface area contributed by atoms with Crippen molar-refractivity contribution in [3.8, 4) is 0 Å². The molecular formula is C13H24N4S. The number of hydrogen-bond donors (Lipinski definition) is 1. The molecule has 0 unspecified atom stereocenters. The number of nitrogens with zero attached hydrogens (tertiary/aromatic N) is 3. The highest BCUT2D eigenvalue weighted by Gasteiger charge is 2.12. The molecule has 102 valence electrons. The van der Waals surface area contributed by atoms with Crippen molar-refractivity contribution in [2.24, 2.45) is 5.73 Å². The maximum atomic E-state index is 5.54. The highest BCUT2D eigenvalue weighted by molar-refractivity contribution is 7.09. The summed E-state index contributed by atoms with van der Waals surface area (Å²) in [5.41, 5.74) is 6.73. The molecule has 1 saturated heterocycles. The van der Waals surface area contributed by atoms with Gasteiger partial charge in [-0.2, -0.15) is 0 Å². The van der Waals surface area contributed by atoms with E-state index in [4.69, 9.17) is 5.73 Å². The summed E-state index contributed by atoms with van der Waals surface area (Å²) in [5.74, 6) is 0. The number of nitrogens with two attached hydrogens (primary N) is 1. The van der Waals surface area contributed by atoms with E-state index >= 15 is 0 Å². The molecule has 2 heterocycles. The zero-order valence-corrected chi connectivity index (χ0v) is 12.1. The third-order valence-electron chi connectivity index (χ3n) is 3.39. The molecule has 18 heavy (non-hydrogen) atoms. The molecule has 1 aromatic heterocycles. The number of likely N-dealkylation sites (tertiary alicyclic amines) is 1. The largest absolute Gasteiger partial charge is 0.330 e. The smallest absolute Gasteiger partial charge is 0.0941 e. The van der Waals surface area contributed by atoms with Crippen molar-refractivity contribution in [3.05, 3.63) is 16.1 Å². The first-order valence-electron chi connectivity index (χ1n) is 6.82. The fraction of sp³-hybridized carbons (Fsp3) is 0.769. The SMILES string of the molecule is CN(CCN1CCCC1)Cc1csc(CCN)n1. The monoisotopic (exact) mass is 268 g/mol. The van der Waals surface area contributed by atoms with Crippen molar-refractivity contribution >= 4 is 11.3 Å². The molecule has 0 spiro atoms. The predicted molar refractivity (Wildman–Crippen MR) is 76.9 cm³/mol. The molecule has 0 saturated carbocycles. The first kappa shape index (κ1) is 13.9. The summed E-state index contributed by atoms with van der Waals surface area (Å²) < 4.78 is 0. The lowest BCUT2D eigenvalue weighted by molar-refractivity contribution is 0.251. The van der Waals surface area contributed by atoms with Crippen molar-refractivity contribution in [2.45, 2.75) is 25.8 Å². The van der Waals surface area contributed by atoms with Gasteiger partial charge in [0.2, 0.25) is 0 Å². The molecular weight excluding hydrogens is 244 g/mol. The molecule has 0 radical (unpaired) electrons. The Balaban J connectivity index is 1.70. The van der Waals surface area contributed by atoms with E-state index in [1.807, 2.05) is 0 Å². The number of likely N-dealkylation sites (N-methyl/N-ethyl adjacent to an activating group) is 1. The van der Waals surface area contributed by atoms with Crippen LogP contribution in [0.1, 0.15) is 23.5 Å². The van der Waals surface area contributed by atoms with Crippen LogP contribution < -0.4 is 5.73 Å². The molecule has 0 aromatic carbocycles. The lowest BCUT2D eigenvalue weighted by atomic mass is 10.4. The van der Waals surface area contributed by atoms with Crippen LogP contribution in [0.15, 0.2) is 5.38 Å². The van der Waals surface area contributed by atoms with Crippen LogP contribution in [0.4, 0.5) is 0 Å². The van der Waals surface area contributed by atoms with E-state index in [-0.39, 0.29) is 0 Å². The van der Waals surface area contributed by atoms with Crippen LogP contribution in [0.3, 0.4) is 0 Å². The Morgan fingerprint density at radius 1 is 1.44 bits per heavy atom. The van der Waals surface area contributed by atoms with Gasteiger partial charge in [0.15, 0.2) is 0 Å². The number of hydrogen-bond acceptors (Lipinski definition) is 5. The van der Waals surface area contributed by atoms with Gasteiger partial charge >= 0.3 is 0 Å². The number of thiazole rings is 1. The Labute approximate surface area is 114 Å². The van der Waals surface area contributed by atoms with Crippen LogP contribution in [0.5, 0.6) is 0 Å². The van der Waals surface area contributed by atoms with Crippen molar-refractivity contribution in [2.75, 3.05) is 39.8 Å². The molecule has 1 aromatic rings. The molecule has 4 nitrogen and oxygen atoms in total. The van der Waals surface area contributed by atoms with E-state index in [2.05, 4.69) is 27.2 Å². The van der Waals surface area contributed by atoms with Crippen LogP contribution >= 0.6 is 11.3 Å². The topological polar surface area (TPSA) is 45.4 Å². The lowest BCUT2D eigenvalue weighted by Gasteiger charge is -2.20. The van der Waals surface area contributed by atoms with Crippen molar-refractivity contribution in [3.63, 3.8) is 0 Å². The molecule has 1 aliphatic rings. The summed E-state index contributed by atoms with van der Waals surface area (Å²) in [4.78, 5) is 9.52. The maximum Gasteiger partial charge on any atom is 0.0941 e. The van der Waals surface area contributed by atoms with Crippen LogP contribution in [0, 0.1) is 0 Å². The second-order valence-electron chi connectivity index (χ2n) is 5.06. The van der Waals surface area contributed by atoms with Crippen LogP contribution in [-0.2, 0) is 13.0 Å². The Kier molecular flexibility index (Phi) is 5.56. The van der Waals surface area contributed by atoms with E-state index < -0.39 is 0 Å². The molecule has 1 aliphatic heterocycles. The minimum Gasteiger partial charge on any atom is -0.330 e. The minimum atomic E-state index is 0.692. The second-order valence-corrected chi connectivity index (χ2v) is 6.00. The first-order chi connectivity index (χ1) is 8.78. The fourth-order valence-electron chi connectivity index (χ4n) is 2.33. The Bertz CT molecular complexity index is 347. The number of rotatable bonds is 7. The summed E-state index contributed by atoms with van der Waals surface area (Å²) >= 11 is 1.73. The molecule has 0 aliphatic carbocycles. The standard InChI is InChI=1S/C13H24N4S/c1-16(8-9-17-6-2-3-7-17)10-12-11-18-13(15-12)4-5-14/h11H,2-10,14H2,1H3. The molecule has 0 bridgehead atoms. The fourth-order valence-corrected chi connectivity index (χ4v) is 3.14. The van der Waals surface area contributed by atoms with Crippen molar-refractivity contribution in [1.29, 1.82) is 0 Å². The third kappa shape index (κ3) is 4.31. The first-order valence-corrected chi connectivity index (χ1v) is 7.70. The highest BCUT2D eigenvalue weighted by Crippen LogP contribution is 2.12. The molecule has 2 rings (SSSR count). The van der Waals surface area contributed by atoms with Gasteiger partial charge in [-0.25, -0.2) is 4.98 Å². The van der Waals surface area contributed by atoms with Crippen LogP contribution in [0.2, 0.25) is 0 Å². The van der Waals surface area contributed by atoms with Gasteiger partial charge in [-0.15, -0.1) is 11.3 Å². The van der Waals surface area contributed by atoms with Gasteiger partial charge in [0, 0.05) is 31.4 Å². The van der Waals surface area contributed by atoms with Gasteiger partial charge in [0.05, 0.1) is 10.7 Å². The summed E-state index contributed by atoms with van der Waals surface area (Å²) in [7, 11) is 2.18. The Morgan fingerprint density at radius 2 is 2.22 bits per heavy atom. The van der Waals surface area contributed by atoms with Crippen LogP contribution in [0.25, 0.3) is 0 Å². The Morgan fingerprint density at radius 3 is 2.94 bits per heavy atom. The molecule has 1 fully saturated rings. The Hall–Kier alpha value is -0.490. The molecule has 0 atom stereocenters. The molecule has 5 heteroatoms. The van der Waals surface area contributed by atoms with Gasteiger partial charge in [-0.3, -0.25) is 4.90 Å². The van der Waals surface area contributed by atoms with Gasteiger partial charge in [0.25, 0.3) is 0 Å². The van der Waals surface area contributed by atoms with E-state index in [0.717, 1.165) is 19.5 Å². The van der Waals surface area contributed by atoms with E-state index in [9.17, 15) is 0 Å². The zero-order chi connectivity index (χ0) is 12.8.